The van der Waals surface area contributed by atoms with E-state index in [0.29, 0.717) is 0 Å². The minimum absolute atomic E-state index is 0.191. The molecule has 1 unspecified atom stereocenters. The molecule has 0 saturated heterocycles. The molecule has 88 valence electrons. The number of anilines is 1. The fourth-order valence-electron chi connectivity index (χ4n) is 1.56. The third-order valence-corrected chi connectivity index (χ3v) is 3.41. The van der Waals surface area contributed by atoms with Crippen molar-refractivity contribution in [3.8, 4) is 0 Å². The summed E-state index contributed by atoms with van der Waals surface area (Å²) in [6.45, 7) is 4.07. The van der Waals surface area contributed by atoms with Crippen LogP contribution in [0.1, 0.15) is 24.2 Å². The molecule has 0 aliphatic carbocycles. The molecule has 0 fully saturated rings. The first-order valence-electron chi connectivity index (χ1n) is 5.46. The van der Waals surface area contributed by atoms with Gasteiger partial charge in [0.2, 0.25) is 0 Å². The second-order valence-electron chi connectivity index (χ2n) is 3.92. The van der Waals surface area contributed by atoms with Crippen molar-refractivity contribution in [3.63, 3.8) is 0 Å². The minimum atomic E-state index is 0.191. The molecule has 0 aliphatic rings. The Bertz CT molecular complexity index is 499. The van der Waals surface area contributed by atoms with Crippen LogP contribution in [0.3, 0.4) is 0 Å². The molecule has 2 aromatic heterocycles. The number of pyridine rings is 2. The van der Waals surface area contributed by atoms with Gasteiger partial charge in [-0.25, -0.2) is 4.98 Å². The van der Waals surface area contributed by atoms with Gasteiger partial charge in [0, 0.05) is 16.9 Å². The van der Waals surface area contributed by atoms with E-state index in [9.17, 15) is 0 Å². The molecule has 0 radical (unpaired) electrons. The standard InChI is InChI=1S/C13H14BrN3/c1-9(11-4-3-7-15-8-11)16-13-6-5-12(14)10(2)17-13/h3-9H,1-2H3,(H,16,17). The molecule has 4 heteroatoms. The van der Waals surface area contributed by atoms with Crippen molar-refractivity contribution >= 4 is 21.7 Å². The van der Waals surface area contributed by atoms with Gasteiger partial charge in [0.15, 0.2) is 0 Å². The van der Waals surface area contributed by atoms with Crippen molar-refractivity contribution in [3.05, 3.63) is 52.4 Å². The number of nitrogens with zero attached hydrogens (tertiary/aromatic N) is 2. The highest BCUT2D eigenvalue weighted by Gasteiger charge is 2.06. The number of nitrogens with one attached hydrogen (secondary N) is 1. The number of aromatic nitrogens is 2. The second-order valence-corrected chi connectivity index (χ2v) is 4.77. The van der Waals surface area contributed by atoms with E-state index in [0.717, 1.165) is 21.5 Å². The van der Waals surface area contributed by atoms with Gasteiger partial charge in [-0.2, -0.15) is 0 Å². The lowest BCUT2D eigenvalue weighted by Gasteiger charge is -2.15. The molecular formula is C13H14BrN3. The Balaban J connectivity index is 2.13. The topological polar surface area (TPSA) is 37.8 Å². The number of aryl methyl sites for hydroxylation is 1. The van der Waals surface area contributed by atoms with E-state index in [2.05, 4.69) is 44.2 Å². The van der Waals surface area contributed by atoms with Crippen LogP contribution < -0.4 is 5.32 Å². The van der Waals surface area contributed by atoms with Crippen LogP contribution in [0.4, 0.5) is 5.82 Å². The maximum absolute atomic E-state index is 4.46. The molecule has 0 bridgehead atoms. The van der Waals surface area contributed by atoms with Gasteiger partial charge in [0.05, 0.1) is 11.7 Å². The molecule has 1 atom stereocenters. The van der Waals surface area contributed by atoms with Crippen LogP contribution in [-0.2, 0) is 0 Å². The number of halogens is 1. The van der Waals surface area contributed by atoms with Gasteiger partial charge in [-0.05, 0) is 53.5 Å². The average molecular weight is 292 g/mol. The van der Waals surface area contributed by atoms with Gasteiger partial charge in [-0.3, -0.25) is 4.98 Å². The zero-order valence-electron chi connectivity index (χ0n) is 9.81. The van der Waals surface area contributed by atoms with Crippen molar-refractivity contribution < 1.29 is 0 Å². The summed E-state index contributed by atoms with van der Waals surface area (Å²) >= 11 is 3.44. The first kappa shape index (κ1) is 12.0. The van der Waals surface area contributed by atoms with E-state index in [4.69, 9.17) is 0 Å². The predicted octanol–water partition coefficient (Wildman–Crippen LogP) is 3.72. The summed E-state index contributed by atoms with van der Waals surface area (Å²) < 4.78 is 1.03. The van der Waals surface area contributed by atoms with Crippen molar-refractivity contribution in [2.45, 2.75) is 19.9 Å². The molecule has 2 heterocycles. The summed E-state index contributed by atoms with van der Waals surface area (Å²) in [6.07, 6.45) is 3.64. The number of hydrogen-bond acceptors (Lipinski definition) is 3. The van der Waals surface area contributed by atoms with Crippen LogP contribution in [0.25, 0.3) is 0 Å². The third kappa shape index (κ3) is 3.03. The van der Waals surface area contributed by atoms with Gasteiger partial charge in [-0.15, -0.1) is 0 Å². The zero-order chi connectivity index (χ0) is 12.3. The van der Waals surface area contributed by atoms with E-state index < -0.39 is 0 Å². The lowest BCUT2D eigenvalue weighted by atomic mass is 10.1. The normalized spacial score (nSPS) is 12.2. The Morgan fingerprint density at radius 3 is 2.76 bits per heavy atom. The molecule has 0 aliphatic heterocycles. The fourth-order valence-corrected chi connectivity index (χ4v) is 1.78. The first-order chi connectivity index (χ1) is 8.16. The van der Waals surface area contributed by atoms with Crippen molar-refractivity contribution in [1.29, 1.82) is 0 Å². The summed E-state index contributed by atoms with van der Waals surface area (Å²) in [5.41, 5.74) is 2.13. The van der Waals surface area contributed by atoms with Crippen LogP contribution in [0, 0.1) is 6.92 Å². The Hall–Kier alpha value is -1.42. The maximum atomic E-state index is 4.46. The average Bonchev–Trinajstić information content (AvgIpc) is 2.35. The van der Waals surface area contributed by atoms with E-state index in [-0.39, 0.29) is 6.04 Å². The second kappa shape index (κ2) is 5.27. The maximum Gasteiger partial charge on any atom is 0.126 e. The first-order valence-corrected chi connectivity index (χ1v) is 6.25. The minimum Gasteiger partial charge on any atom is -0.363 e. The molecule has 2 aromatic rings. The number of rotatable bonds is 3. The molecule has 1 N–H and O–H groups in total. The van der Waals surface area contributed by atoms with Crippen molar-refractivity contribution in [2.24, 2.45) is 0 Å². The van der Waals surface area contributed by atoms with Crippen LogP contribution in [0.2, 0.25) is 0 Å². The summed E-state index contributed by atoms with van der Waals surface area (Å²) in [4.78, 5) is 8.57. The zero-order valence-corrected chi connectivity index (χ0v) is 11.4. The molecule has 0 saturated carbocycles. The van der Waals surface area contributed by atoms with Crippen molar-refractivity contribution in [2.75, 3.05) is 5.32 Å². The molecule has 0 aromatic carbocycles. The highest BCUT2D eigenvalue weighted by atomic mass is 79.9. The molecule has 2 rings (SSSR count). The summed E-state index contributed by atoms with van der Waals surface area (Å²) in [7, 11) is 0. The van der Waals surface area contributed by atoms with Gasteiger partial charge in [0.25, 0.3) is 0 Å². The van der Waals surface area contributed by atoms with Crippen molar-refractivity contribution in [1.82, 2.24) is 9.97 Å². The van der Waals surface area contributed by atoms with Crippen LogP contribution in [0.15, 0.2) is 41.1 Å². The van der Waals surface area contributed by atoms with Gasteiger partial charge >= 0.3 is 0 Å². The lowest BCUT2D eigenvalue weighted by molar-refractivity contribution is 0.864. The van der Waals surface area contributed by atoms with Crippen LogP contribution in [0.5, 0.6) is 0 Å². The quantitative estimate of drug-likeness (QED) is 0.937. The summed E-state index contributed by atoms with van der Waals surface area (Å²) in [5, 5.41) is 3.35. The van der Waals surface area contributed by atoms with Gasteiger partial charge in [0.1, 0.15) is 5.82 Å². The fraction of sp³-hybridized carbons (Fsp3) is 0.231. The SMILES string of the molecule is Cc1nc(NC(C)c2cccnc2)ccc1Br. The van der Waals surface area contributed by atoms with Crippen LogP contribution in [-0.4, -0.2) is 9.97 Å². The van der Waals surface area contributed by atoms with Gasteiger partial charge < -0.3 is 5.32 Å². The predicted molar refractivity (Wildman–Crippen MR) is 72.9 cm³/mol. The monoisotopic (exact) mass is 291 g/mol. The van der Waals surface area contributed by atoms with Gasteiger partial charge in [-0.1, -0.05) is 6.07 Å². The highest BCUT2D eigenvalue weighted by molar-refractivity contribution is 9.10. The summed E-state index contributed by atoms with van der Waals surface area (Å²) in [6, 6.07) is 8.14. The smallest absolute Gasteiger partial charge is 0.126 e. The Kier molecular flexibility index (Phi) is 3.74. The van der Waals surface area contributed by atoms with E-state index in [1.807, 2.05) is 31.3 Å². The molecule has 3 nitrogen and oxygen atoms in total. The largest absolute Gasteiger partial charge is 0.363 e. The van der Waals surface area contributed by atoms with E-state index >= 15 is 0 Å². The summed E-state index contributed by atoms with van der Waals surface area (Å²) in [5.74, 6) is 0.877. The highest BCUT2D eigenvalue weighted by Crippen LogP contribution is 2.20. The Morgan fingerprint density at radius 2 is 2.12 bits per heavy atom. The molecular weight excluding hydrogens is 278 g/mol. The number of hydrogen-bond donors (Lipinski definition) is 1. The molecule has 0 spiro atoms. The van der Waals surface area contributed by atoms with Crippen LogP contribution >= 0.6 is 15.9 Å². The Morgan fingerprint density at radius 1 is 1.29 bits per heavy atom. The third-order valence-electron chi connectivity index (χ3n) is 2.57. The molecule has 0 amide bonds. The molecule has 17 heavy (non-hydrogen) atoms. The van der Waals surface area contributed by atoms with E-state index in [1.165, 1.54) is 0 Å². The lowest BCUT2D eigenvalue weighted by Crippen LogP contribution is -2.08. The Labute approximate surface area is 109 Å². The van der Waals surface area contributed by atoms with E-state index in [1.54, 1.807) is 6.20 Å².